The molecule has 2 saturated heterocycles. The van der Waals surface area contributed by atoms with Gasteiger partial charge in [0.1, 0.15) is 11.1 Å². The number of aliphatic hydroxyl groups is 1. The second-order valence-corrected chi connectivity index (χ2v) is 10.9. The summed E-state index contributed by atoms with van der Waals surface area (Å²) in [7, 11) is 0. The van der Waals surface area contributed by atoms with Crippen LogP contribution in [0.15, 0.2) is 22.7 Å². The minimum absolute atomic E-state index is 0.00164. The summed E-state index contributed by atoms with van der Waals surface area (Å²) < 4.78 is 23.7. The Hall–Kier alpha value is -2.36. The number of carboxylic acids is 1. The number of likely N-dealkylation sites (tertiary alicyclic amines) is 1. The van der Waals surface area contributed by atoms with Crippen LogP contribution in [0.2, 0.25) is 0 Å². The van der Waals surface area contributed by atoms with Gasteiger partial charge in [0, 0.05) is 18.6 Å². The molecule has 5 rings (SSSR count). The zero-order chi connectivity index (χ0) is 25.0. The van der Waals surface area contributed by atoms with Gasteiger partial charge in [-0.15, -0.1) is 0 Å². The minimum atomic E-state index is -0.709. The van der Waals surface area contributed by atoms with Crippen LogP contribution < -0.4 is 9.47 Å². The Bertz CT molecular complexity index is 1010. The maximum absolute atomic E-state index is 11.3. The lowest BCUT2D eigenvalue weighted by Gasteiger charge is -2.36. The monoisotopic (exact) mass is 502 g/mol. The Kier molecular flexibility index (Phi) is 7.98. The van der Waals surface area contributed by atoms with Crippen LogP contribution in [0.1, 0.15) is 51.4 Å². The van der Waals surface area contributed by atoms with E-state index in [9.17, 15) is 15.0 Å². The second-order valence-electron chi connectivity index (χ2n) is 10.9. The third-order valence-electron chi connectivity index (χ3n) is 8.30. The summed E-state index contributed by atoms with van der Waals surface area (Å²) >= 11 is 0. The Morgan fingerprint density at radius 1 is 1.17 bits per heavy atom. The smallest absolute Gasteiger partial charge is 0.306 e. The van der Waals surface area contributed by atoms with E-state index in [1.807, 2.05) is 18.2 Å². The molecule has 0 bridgehead atoms. The molecule has 0 spiro atoms. The molecule has 2 unspecified atom stereocenters. The van der Waals surface area contributed by atoms with Gasteiger partial charge in [-0.1, -0.05) is 18.9 Å². The number of ether oxygens (including phenoxy) is 3. The molecule has 2 aliphatic heterocycles. The van der Waals surface area contributed by atoms with Gasteiger partial charge in [-0.3, -0.25) is 4.79 Å². The SMILES string of the molecule is O=C(O)C1CCOC(CN2CCC(COc3noc4cccc(OCC5(CO)CCCC5)c34)CC2)C1. The van der Waals surface area contributed by atoms with Crippen molar-refractivity contribution in [3.8, 4) is 11.6 Å². The van der Waals surface area contributed by atoms with Crippen LogP contribution in [0.5, 0.6) is 11.6 Å². The first-order valence-corrected chi connectivity index (χ1v) is 13.4. The van der Waals surface area contributed by atoms with E-state index >= 15 is 0 Å². The molecule has 3 fully saturated rings. The molecule has 1 aliphatic carbocycles. The number of nitrogens with zero attached hydrogens (tertiary/aromatic N) is 2. The number of fused-ring (bicyclic) bond motifs is 1. The molecule has 9 heteroatoms. The van der Waals surface area contributed by atoms with Crippen molar-refractivity contribution in [2.24, 2.45) is 17.3 Å². The van der Waals surface area contributed by atoms with Crippen LogP contribution in [0.3, 0.4) is 0 Å². The molecule has 9 nitrogen and oxygen atoms in total. The summed E-state index contributed by atoms with van der Waals surface area (Å²) in [5.41, 5.74) is 0.472. The van der Waals surface area contributed by atoms with E-state index in [0.717, 1.165) is 63.5 Å². The quantitative estimate of drug-likeness (QED) is 0.501. The molecule has 1 aromatic heterocycles. The zero-order valence-electron chi connectivity index (χ0n) is 20.9. The lowest BCUT2D eigenvalue weighted by atomic mass is 9.88. The Morgan fingerprint density at radius 3 is 2.72 bits per heavy atom. The molecular formula is C27H38N2O7. The maximum Gasteiger partial charge on any atom is 0.306 e. The first kappa shape index (κ1) is 25.3. The Morgan fingerprint density at radius 2 is 1.97 bits per heavy atom. The Labute approximate surface area is 211 Å². The van der Waals surface area contributed by atoms with Crippen LogP contribution in [0.25, 0.3) is 11.0 Å². The molecule has 2 N–H and O–H groups in total. The summed E-state index contributed by atoms with van der Waals surface area (Å²) in [6.07, 6.45) is 7.45. The normalized spacial score (nSPS) is 25.2. The van der Waals surface area contributed by atoms with Gasteiger partial charge >= 0.3 is 5.97 Å². The first-order chi connectivity index (χ1) is 17.5. The molecule has 1 aromatic carbocycles. The summed E-state index contributed by atoms with van der Waals surface area (Å²) in [4.78, 5) is 13.7. The predicted octanol–water partition coefficient (Wildman–Crippen LogP) is 3.73. The van der Waals surface area contributed by atoms with Gasteiger partial charge in [0.25, 0.3) is 5.88 Å². The van der Waals surface area contributed by atoms with Crippen LogP contribution >= 0.6 is 0 Å². The number of aromatic nitrogens is 1. The van der Waals surface area contributed by atoms with Crippen LogP contribution in [-0.4, -0.2) is 78.4 Å². The van der Waals surface area contributed by atoms with Crippen LogP contribution in [0, 0.1) is 17.3 Å². The van der Waals surface area contributed by atoms with Crippen molar-refractivity contribution in [1.29, 1.82) is 0 Å². The molecule has 0 radical (unpaired) electrons. The number of carbonyl (C=O) groups is 1. The van der Waals surface area contributed by atoms with Gasteiger partial charge in [-0.05, 0) is 74.8 Å². The van der Waals surface area contributed by atoms with Crippen LogP contribution in [0.4, 0.5) is 0 Å². The van der Waals surface area contributed by atoms with Crippen molar-refractivity contribution in [2.45, 2.75) is 57.5 Å². The molecular weight excluding hydrogens is 464 g/mol. The van der Waals surface area contributed by atoms with Gasteiger partial charge in [0.2, 0.25) is 0 Å². The van der Waals surface area contributed by atoms with Crippen LogP contribution in [-0.2, 0) is 9.53 Å². The molecule has 2 aromatic rings. The van der Waals surface area contributed by atoms with Gasteiger partial charge in [-0.25, -0.2) is 0 Å². The number of aliphatic hydroxyl groups excluding tert-OH is 1. The van der Waals surface area contributed by atoms with E-state index in [0.29, 0.717) is 55.8 Å². The lowest BCUT2D eigenvalue weighted by Crippen LogP contribution is -2.43. The number of carboxylic acid groups (broad SMARTS) is 1. The highest BCUT2D eigenvalue weighted by Gasteiger charge is 2.35. The largest absolute Gasteiger partial charge is 0.492 e. The predicted molar refractivity (Wildman–Crippen MR) is 132 cm³/mol. The van der Waals surface area contributed by atoms with E-state index in [2.05, 4.69) is 10.1 Å². The number of piperidine rings is 1. The molecule has 2 atom stereocenters. The van der Waals surface area contributed by atoms with E-state index in [-0.39, 0.29) is 24.0 Å². The molecule has 1 saturated carbocycles. The summed E-state index contributed by atoms with van der Waals surface area (Å²) in [5, 5.41) is 24.2. The van der Waals surface area contributed by atoms with Crippen molar-refractivity contribution < 1.29 is 33.7 Å². The fourth-order valence-corrected chi connectivity index (χ4v) is 5.91. The molecule has 0 amide bonds. The van der Waals surface area contributed by atoms with Crippen molar-refractivity contribution in [3.63, 3.8) is 0 Å². The fourth-order valence-electron chi connectivity index (χ4n) is 5.91. The average molecular weight is 503 g/mol. The van der Waals surface area contributed by atoms with Crippen molar-refractivity contribution in [3.05, 3.63) is 18.2 Å². The summed E-state index contributed by atoms with van der Waals surface area (Å²) in [6.45, 7) is 4.40. The number of benzene rings is 1. The van der Waals surface area contributed by atoms with E-state index in [4.69, 9.17) is 18.7 Å². The van der Waals surface area contributed by atoms with Crippen molar-refractivity contribution in [2.75, 3.05) is 46.1 Å². The number of hydrogen-bond acceptors (Lipinski definition) is 8. The fraction of sp³-hybridized carbons (Fsp3) is 0.704. The van der Waals surface area contributed by atoms with Crippen molar-refractivity contribution >= 4 is 16.9 Å². The highest BCUT2D eigenvalue weighted by Crippen LogP contribution is 2.40. The number of aliphatic carboxylic acids is 1. The van der Waals surface area contributed by atoms with Gasteiger partial charge in [0.05, 0.1) is 31.8 Å². The van der Waals surface area contributed by atoms with Gasteiger partial charge in [0.15, 0.2) is 5.58 Å². The van der Waals surface area contributed by atoms with Crippen molar-refractivity contribution in [1.82, 2.24) is 10.1 Å². The third-order valence-corrected chi connectivity index (χ3v) is 8.30. The summed E-state index contributed by atoms with van der Waals surface area (Å²) in [5.74, 6) is 0.567. The molecule has 3 heterocycles. The first-order valence-electron chi connectivity index (χ1n) is 13.4. The molecule has 36 heavy (non-hydrogen) atoms. The standard InChI is InChI=1S/C27H38N2O7/c30-17-27(9-1-2-10-27)18-35-22-4-3-5-23-24(22)25(28-36-23)34-16-19-6-11-29(12-7-19)15-21-14-20(26(31)32)8-13-33-21/h3-5,19-21,30H,1-2,6-18H2,(H,31,32). The Balaban J connectivity index is 1.13. The van der Waals surface area contributed by atoms with Gasteiger partial charge < -0.3 is 33.8 Å². The highest BCUT2D eigenvalue weighted by atomic mass is 16.5. The average Bonchev–Trinajstić information content (AvgIpc) is 3.55. The minimum Gasteiger partial charge on any atom is -0.492 e. The second kappa shape index (κ2) is 11.4. The van der Waals surface area contributed by atoms with E-state index in [1.54, 1.807) is 0 Å². The maximum atomic E-state index is 11.3. The summed E-state index contributed by atoms with van der Waals surface area (Å²) in [6, 6.07) is 5.66. The zero-order valence-corrected chi connectivity index (χ0v) is 20.9. The number of hydrogen-bond donors (Lipinski definition) is 2. The highest BCUT2D eigenvalue weighted by molar-refractivity contribution is 5.88. The third kappa shape index (κ3) is 5.79. The van der Waals surface area contributed by atoms with E-state index < -0.39 is 5.97 Å². The van der Waals surface area contributed by atoms with Gasteiger partial charge in [-0.2, -0.15) is 0 Å². The lowest BCUT2D eigenvalue weighted by molar-refractivity contribution is -0.147. The topological polar surface area (TPSA) is 114 Å². The molecule has 198 valence electrons. The van der Waals surface area contributed by atoms with E-state index in [1.165, 1.54) is 0 Å². The number of rotatable bonds is 10. The molecule has 3 aliphatic rings.